The Labute approximate surface area is 118 Å². The standard InChI is InChI=1S/C14H12F3N3O/c15-14(16,17)11-7-6-10(12(18)21)13(20-11)19-8-9-4-2-1-3-5-9/h1-7H,8H2,(H2,18,21)(H,19,20). The molecule has 2 aromatic rings. The Kier molecular flexibility index (Phi) is 4.11. The van der Waals surface area contributed by atoms with Crippen LogP contribution >= 0.6 is 0 Å². The zero-order valence-corrected chi connectivity index (χ0v) is 10.8. The Morgan fingerprint density at radius 2 is 1.81 bits per heavy atom. The lowest BCUT2D eigenvalue weighted by molar-refractivity contribution is -0.141. The highest BCUT2D eigenvalue weighted by atomic mass is 19.4. The van der Waals surface area contributed by atoms with Gasteiger partial charge in [-0.2, -0.15) is 13.2 Å². The Morgan fingerprint density at radius 3 is 2.38 bits per heavy atom. The van der Waals surface area contributed by atoms with Gasteiger partial charge in [-0.25, -0.2) is 4.98 Å². The van der Waals surface area contributed by atoms with E-state index in [2.05, 4.69) is 10.3 Å². The summed E-state index contributed by atoms with van der Waals surface area (Å²) in [7, 11) is 0. The van der Waals surface area contributed by atoms with Gasteiger partial charge < -0.3 is 11.1 Å². The van der Waals surface area contributed by atoms with Crippen LogP contribution < -0.4 is 11.1 Å². The number of aromatic nitrogens is 1. The summed E-state index contributed by atoms with van der Waals surface area (Å²) < 4.78 is 38.0. The number of benzene rings is 1. The molecular weight excluding hydrogens is 283 g/mol. The zero-order valence-electron chi connectivity index (χ0n) is 10.8. The predicted octanol–water partition coefficient (Wildman–Crippen LogP) is 2.81. The molecule has 1 heterocycles. The Bertz CT molecular complexity index is 642. The number of nitrogens with zero attached hydrogens (tertiary/aromatic N) is 1. The van der Waals surface area contributed by atoms with Gasteiger partial charge in [-0.15, -0.1) is 0 Å². The minimum atomic E-state index is -4.58. The molecule has 0 aliphatic rings. The first-order chi connectivity index (χ1) is 9.88. The minimum Gasteiger partial charge on any atom is -0.365 e. The molecule has 0 radical (unpaired) electrons. The van der Waals surface area contributed by atoms with Gasteiger partial charge in [-0.1, -0.05) is 30.3 Å². The third-order valence-electron chi connectivity index (χ3n) is 2.75. The summed E-state index contributed by atoms with van der Waals surface area (Å²) in [5, 5.41) is 2.71. The van der Waals surface area contributed by atoms with E-state index < -0.39 is 17.8 Å². The Balaban J connectivity index is 2.29. The fourth-order valence-electron chi connectivity index (χ4n) is 1.73. The summed E-state index contributed by atoms with van der Waals surface area (Å²) in [4.78, 5) is 14.7. The van der Waals surface area contributed by atoms with E-state index in [1.165, 1.54) is 0 Å². The predicted molar refractivity (Wildman–Crippen MR) is 71.5 cm³/mol. The fourth-order valence-corrected chi connectivity index (χ4v) is 1.73. The summed E-state index contributed by atoms with van der Waals surface area (Å²) in [5.74, 6) is -1.02. The van der Waals surface area contributed by atoms with Crippen molar-refractivity contribution in [1.82, 2.24) is 4.98 Å². The van der Waals surface area contributed by atoms with Crippen molar-refractivity contribution in [3.05, 3.63) is 59.3 Å². The fraction of sp³-hybridized carbons (Fsp3) is 0.143. The van der Waals surface area contributed by atoms with Crippen LogP contribution in [0.2, 0.25) is 0 Å². The van der Waals surface area contributed by atoms with Crippen molar-refractivity contribution in [1.29, 1.82) is 0 Å². The van der Waals surface area contributed by atoms with E-state index in [0.29, 0.717) is 0 Å². The van der Waals surface area contributed by atoms with Crippen molar-refractivity contribution in [3.8, 4) is 0 Å². The summed E-state index contributed by atoms with van der Waals surface area (Å²) in [6.45, 7) is 0.232. The van der Waals surface area contributed by atoms with Gasteiger partial charge in [0.1, 0.15) is 11.5 Å². The molecule has 0 aliphatic carbocycles. The van der Waals surface area contributed by atoms with Crippen molar-refractivity contribution in [2.75, 3.05) is 5.32 Å². The number of alkyl halides is 3. The second kappa shape index (κ2) is 5.82. The van der Waals surface area contributed by atoms with Gasteiger partial charge in [0, 0.05) is 6.54 Å². The van der Waals surface area contributed by atoms with Crippen molar-refractivity contribution >= 4 is 11.7 Å². The minimum absolute atomic E-state index is 0.0843. The van der Waals surface area contributed by atoms with E-state index in [1.54, 1.807) is 24.3 Å². The van der Waals surface area contributed by atoms with E-state index in [1.807, 2.05) is 6.07 Å². The summed E-state index contributed by atoms with van der Waals surface area (Å²) in [6, 6.07) is 10.8. The highest BCUT2D eigenvalue weighted by Crippen LogP contribution is 2.29. The number of hydrogen-bond donors (Lipinski definition) is 2. The molecule has 0 bridgehead atoms. The van der Waals surface area contributed by atoms with E-state index in [9.17, 15) is 18.0 Å². The summed E-state index contributed by atoms with van der Waals surface area (Å²) >= 11 is 0. The van der Waals surface area contributed by atoms with Gasteiger partial charge in [0.25, 0.3) is 5.91 Å². The lowest BCUT2D eigenvalue weighted by atomic mass is 10.2. The van der Waals surface area contributed by atoms with Crippen LogP contribution in [-0.2, 0) is 12.7 Å². The molecular formula is C14H12F3N3O. The largest absolute Gasteiger partial charge is 0.433 e. The maximum atomic E-state index is 12.7. The first-order valence-corrected chi connectivity index (χ1v) is 6.04. The summed E-state index contributed by atoms with van der Waals surface area (Å²) in [5.41, 5.74) is 4.82. The Morgan fingerprint density at radius 1 is 1.14 bits per heavy atom. The van der Waals surface area contributed by atoms with Gasteiger partial charge in [-0.05, 0) is 17.7 Å². The van der Waals surface area contributed by atoms with E-state index in [0.717, 1.165) is 17.7 Å². The second-order valence-corrected chi connectivity index (χ2v) is 4.29. The molecule has 1 aromatic heterocycles. The first-order valence-electron chi connectivity index (χ1n) is 6.04. The van der Waals surface area contributed by atoms with Gasteiger partial charge >= 0.3 is 6.18 Å². The molecule has 21 heavy (non-hydrogen) atoms. The lowest BCUT2D eigenvalue weighted by Crippen LogP contribution is -2.18. The molecule has 0 unspecified atom stereocenters. The molecule has 1 aromatic carbocycles. The number of carbonyl (C=O) groups is 1. The zero-order chi connectivity index (χ0) is 15.5. The molecule has 4 nitrogen and oxygen atoms in total. The van der Waals surface area contributed by atoms with Crippen LogP contribution in [0.4, 0.5) is 19.0 Å². The summed E-state index contributed by atoms with van der Waals surface area (Å²) in [6.07, 6.45) is -4.58. The maximum Gasteiger partial charge on any atom is 0.433 e. The van der Waals surface area contributed by atoms with Crippen molar-refractivity contribution in [2.45, 2.75) is 12.7 Å². The quantitative estimate of drug-likeness (QED) is 0.911. The van der Waals surface area contributed by atoms with Crippen LogP contribution in [0.25, 0.3) is 0 Å². The molecule has 0 aliphatic heterocycles. The van der Waals surface area contributed by atoms with Crippen molar-refractivity contribution in [3.63, 3.8) is 0 Å². The van der Waals surface area contributed by atoms with Gasteiger partial charge in [0.2, 0.25) is 0 Å². The van der Waals surface area contributed by atoms with E-state index in [4.69, 9.17) is 5.73 Å². The SMILES string of the molecule is NC(=O)c1ccc(C(F)(F)F)nc1NCc1ccccc1. The number of anilines is 1. The van der Waals surface area contributed by atoms with Crippen LogP contribution in [0, 0.1) is 0 Å². The number of nitrogens with two attached hydrogens (primary N) is 1. The third kappa shape index (κ3) is 3.71. The molecule has 110 valence electrons. The Hall–Kier alpha value is -2.57. The van der Waals surface area contributed by atoms with Crippen LogP contribution in [0.3, 0.4) is 0 Å². The number of nitrogens with one attached hydrogen (secondary N) is 1. The van der Waals surface area contributed by atoms with Crippen molar-refractivity contribution < 1.29 is 18.0 Å². The third-order valence-corrected chi connectivity index (χ3v) is 2.75. The maximum absolute atomic E-state index is 12.7. The van der Waals surface area contributed by atoms with E-state index >= 15 is 0 Å². The first kappa shape index (κ1) is 14.8. The monoisotopic (exact) mass is 295 g/mol. The molecule has 7 heteroatoms. The molecule has 0 atom stereocenters. The van der Waals surface area contributed by atoms with Gasteiger partial charge in [-0.3, -0.25) is 4.79 Å². The van der Waals surface area contributed by atoms with Crippen LogP contribution in [0.15, 0.2) is 42.5 Å². The molecule has 0 spiro atoms. The lowest BCUT2D eigenvalue weighted by Gasteiger charge is -2.12. The average molecular weight is 295 g/mol. The van der Waals surface area contributed by atoms with Crippen molar-refractivity contribution in [2.24, 2.45) is 5.73 Å². The normalized spacial score (nSPS) is 11.2. The molecule has 1 amide bonds. The number of pyridine rings is 1. The smallest absolute Gasteiger partial charge is 0.365 e. The molecule has 2 rings (SSSR count). The highest BCUT2D eigenvalue weighted by molar-refractivity contribution is 5.97. The van der Waals surface area contributed by atoms with E-state index in [-0.39, 0.29) is 17.9 Å². The number of halogens is 3. The number of primary amides is 1. The number of hydrogen-bond acceptors (Lipinski definition) is 3. The second-order valence-electron chi connectivity index (χ2n) is 4.29. The topological polar surface area (TPSA) is 68.0 Å². The molecule has 0 saturated heterocycles. The number of rotatable bonds is 4. The number of amides is 1. The number of carbonyl (C=O) groups excluding carboxylic acids is 1. The molecule has 0 saturated carbocycles. The van der Waals surface area contributed by atoms with Crippen LogP contribution in [-0.4, -0.2) is 10.9 Å². The molecule has 3 N–H and O–H groups in total. The van der Waals surface area contributed by atoms with Crippen LogP contribution in [0.5, 0.6) is 0 Å². The van der Waals surface area contributed by atoms with Gasteiger partial charge in [0.15, 0.2) is 0 Å². The van der Waals surface area contributed by atoms with Crippen LogP contribution in [0.1, 0.15) is 21.6 Å². The highest BCUT2D eigenvalue weighted by Gasteiger charge is 2.33. The molecule has 0 fully saturated rings. The average Bonchev–Trinajstić information content (AvgIpc) is 2.45. The van der Waals surface area contributed by atoms with Gasteiger partial charge in [0.05, 0.1) is 5.56 Å².